The van der Waals surface area contributed by atoms with Crippen LogP contribution in [-0.2, 0) is 12.0 Å². The molecule has 0 aromatic heterocycles. The van der Waals surface area contributed by atoms with Gasteiger partial charge in [-0.2, -0.15) is 0 Å². The third-order valence-corrected chi connectivity index (χ3v) is 4.04. The molecule has 0 bridgehead atoms. The second-order valence-corrected chi connectivity index (χ2v) is 6.12. The second-order valence-electron chi connectivity index (χ2n) is 6.12. The Kier molecular flexibility index (Phi) is 10.1. The van der Waals surface area contributed by atoms with Gasteiger partial charge in [-0.25, -0.2) is 0 Å². The first kappa shape index (κ1) is 22.5. The minimum atomic E-state index is -0.854. The number of aliphatic hydroxyl groups is 1. The number of rotatable bonds is 6. The van der Waals surface area contributed by atoms with Gasteiger partial charge in [0.1, 0.15) is 0 Å². The fourth-order valence-electron chi connectivity index (χ4n) is 2.89. The summed E-state index contributed by atoms with van der Waals surface area (Å²) in [7, 11) is 4.09. The van der Waals surface area contributed by atoms with Gasteiger partial charge >= 0.3 is 18.9 Å². The molecule has 0 spiro atoms. The van der Waals surface area contributed by atoms with Crippen LogP contribution < -0.4 is 0 Å². The zero-order valence-corrected chi connectivity index (χ0v) is 13.2. The van der Waals surface area contributed by atoms with Crippen molar-refractivity contribution in [3.63, 3.8) is 0 Å². The zero-order valence-electron chi connectivity index (χ0n) is 13.2. The van der Waals surface area contributed by atoms with Crippen LogP contribution in [0.25, 0.3) is 0 Å². The van der Waals surface area contributed by atoms with Crippen LogP contribution in [0.3, 0.4) is 0 Å². The molecule has 120 valence electrons. The van der Waals surface area contributed by atoms with Crippen molar-refractivity contribution in [1.82, 2.24) is 4.90 Å². The van der Waals surface area contributed by atoms with Crippen LogP contribution in [0.5, 0.6) is 0 Å². The Bertz CT molecular complexity index is 550. The molecular formula is C19H29AlLiNO. The molecule has 1 N–H and O–H groups in total. The van der Waals surface area contributed by atoms with E-state index < -0.39 is 5.60 Å². The molecule has 0 heterocycles. The molecule has 0 radical (unpaired) electrons. The molecule has 0 aliphatic heterocycles. The van der Waals surface area contributed by atoms with E-state index in [4.69, 9.17) is 0 Å². The van der Waals surface area contributed by atoms with Crippen LogP contribution in [0.15, 0.2) is 60.7 Å². The van der Waals surface area contributed by atoms with Gasteiger partial charge in [-0.15, -0.1) is 0 Å². The molecule has 0 aliphatic rings. The fraction of sp³-hybridized carbons (Fsp3) is 0.368. The Balaban J connectivity index is 0.00000242. The molecule has 2 atom stereocenters. The summed E-state index contributed by atoms with van der Waals surface area (Å²) in [4.78, 5) is 2.13. The first-order chi connectivity index (χ1) is 10.0. The van der Waals surface area contributed by atoms with Crippen LogP contribution in [-0.4, -0.2) is 66.9 Å². The Labute approximate surface area is 163 Å². The van der Waals surface area contributed by atoms with Gasteiger partial charge in [-0.05, 0) is 25.2 Å². The Hall–Kier alpha value is -0.510. The summed E-state index contributed by atoms with van der Waals surface area (Å²) in [6, 6.07) is 20.2. The van der Waals surface area contributed by atoms with Gasteiger partial charge in [0.05, 0.1) is 5.60 Å². The predicted octanol–water partition coefficient (Wildman–Crippen LogP) is 1.48. The summed E-state index contributed by atoms with van der Waals surface area (Å²) >= 11 is 0. The molecule has 2 rings (SSSR count). The average molecular weight is 321 g/mol. The van der Waals surface area contributed by atoms with Gasteiger partial charge in [0, 0.05) is 18.9 Å². The van der Waals surface area contributed by atoms with Gasteiger partial charge in [-0.1, -0.05) is 67.6 Å². The van der Waals surface area contributed by atoms with E-state index in [1.807, 2.05) is 62.6 Å². The summed E-state index contributed by atoms with van der Waals surface area (Å²) in [5, 5.41) is 11.4. The summed E-state index contributed by atoms with van der Waals surface area (Å²) in [5.74, 6) is 0.134. The van der Waals surface area contributed by atoms with Gasteiger partial charge in [0.2, 0.25) is 0 Å². The monoisotopic (exact) mass is 321 g/mol. The Morgan fingerprint density at radius 2 is 1.43 bits per heavy atom. The molecule has 0 saturated heterocycles. The summed E-state index contributed by atoms with van der Waals surface area (Å²) in [6.45, 7) is 2.97. The molecule has 23 heavy (non-hydrogen) atoms. The molecule has 0 aliphatic carbocycles. The summed E-state index contributed by atoms with van der Waals surface area (Å²) < 4.78 is 0. The molecular weight excluding hydrogens is 292 g/mol. The number of hydrogen-bond acceptors (Lipinski definition) is 2. The van der Waals surface area contributed by atoms with E-state index in [1.54, 1.807) is 0 Å². The molecule has 2 nitrogen and oxygen atoms in total. The third-order valence-electron chi connectivity index (χ3n) is 4.04. The normalized spacial score (nSPS) is 14.3. The van der Waals surface area contributed by atoms with E-state index in [2.05, 4.69) is 24.0 Å². The van der Waals surface area contributed by atoms with E-state index in [1.165, 1.54) is 0 Å². The van der Waals surface area contributed by atoms with Crippen molar-refractivity contribution in [3.8, 4) is 0 Å². The van der Waals surface area contributed by atoms with E-state index in [0.29, 0.717) is 6.42 Å². The quantitative estimate of drug-likeness (QED) is 0.815. The maximum absolute atomic E-state index is 11.4. The zero-order chi connectivity index (χ0) is 15.3. The number of hydrogen-bond donors (Lipinski definition) is 1. The van der Waals surface area contributed by atoms with Crippen molar-refractivity contribution in [2.45, 2.75) is 18.9 Å². The average Bonchev–Trinajstić information content (AvgIpc) is 2.48. The molecule has 1 unspecified atom stereocenters. The topological polar surface area (TPSA) is 23.5 Å². The number of benzene rings is 2. The van der Waals surface area contributed by atoms with E-state index in [0.717, 1.165) is 17.7 Å². The van der Waals surface area contributed by atoms with Crippen molar-refractivity contribution in [2.75, 3.05) is 20.6 Å². The van der Waals surface area contributed by atoms with E-state index in [9.17, 15) is 5.11 Å². The first-order valence-corrected chi connectivity index (χ1v) is 7.49. The Morgan fingerprint density at radius 3 is 1.91 bits per heavy atom. The summed E-state index contributed by atoms with van der Waals surface area (Å²) in [6.07, 6.45) is 0.632. The van der Waals surface area contributed by atoms with Crippen LogP contribution in [0.2, 0.25) is 0 Å². The van der Waals surface area contributed by atoms with E-state index in [-0.39, 0.29) is 42.1 Å². The third kappa shape index (κ3) is 6.13. The second kappa shape index (κ2) is 10.4. The van der Waals surface area contributed by atoms with Crippen LogP contribution in [0.1, 0.15) is 18.1 Å². The number of nitrogens with zero attached hydrogens (tertiary/aromatic N) is 1. The van der Waals surface area contributed by atoms with Crippen LogP contribution in [0, 0.1) is 5.92 Å². The standard InChI is InChI=1S/C19H25NO.Al.Li.4H/c1-16(15-20(2)3)19(21,18-12-8-5-9-13-18)14-17-10-6-4-7-11-17;;;;;;/h4-13,16,21H,14-15H2,1-3H3;;;;;;/t16?,19-;;;;;;/m0....../s1. The fourth-order valence-corrected chi connectivity index (χ4v) is 2.89. The van der Waals surface area contributed by atoms with Crippen molar-refractivity contribution < 1.29 is 5.11 Å². The van der Waals surface area contributed by atoms with Crippen molar-refractivity contribution in [3.05, 3.63) is 71.8 Å². The van der Waals surface area contributed by atoms with Crippen molar-refractivity contribution in [1.29, 1.82) is 0 Å². The van der Waals surface area contributed by atoms with Gasteiger partial charge in [0.25, 0.3) is 0 Å². The summed E-state index contributed by atoms with van der Waals surface area (Å²) in [5.41, 5.74) is 1.30. The van der Waals surface area contributed by atoms with Crippen molar-refractivity contribution in [2.24, 2.45) is 5.92 Å². The van der Waals surface area contributed by atoms with Gasteiger partial charge < -0.3 is 10.0 Å². The van der Waals surface area contributed by atoms with E-state index >= 15 is 0 Å². The maximum atomic E-state index is 11.4. The minimum absolute atomic E-state index is 0. The van der Waals surface area contributed by atoms with Crippen LogP contribution >= 0.6 is 0 Å². The molecule has 4 heteroatoms. The molecule has 2 aromatic rings. The van der Waals surface area contributed by atoms with Crippen molar-refractivity contribution >= 4 is 36.2 Å². The van der Waals surface area contributed by atoms with Gasteiger partial charge in [-0.3, -0.25) is 0 Å². The molecule has 0 fully saturated rings. The van der Waals surface area contributed by atoms with Gasteiger partial charge in [0.15, 0.2) is 17.4 Å². The SMILES string of the molecule is CC(CN(C)C)[C@@](O)(Cc1ccccc1)c1ccccc1.[AlH3].[LiH]. The van der Waals surface area contributed by atoms with Crippen LogP contribution in [0.4, 0.5) is 0 Å². The first-order valence-electron chi connectivity index (χ1n) is 7.49. The predicted molar refractivity (Wildman–Crippen MR) is 105 cm³/mol. The molecule has 2 aromatic carbocycles. The Morgan fingerprint density at radius 1 is 0.957 bits per heavy atom. The molecule has 0 amide bonds. The molecule has 0 saturated carbocycles.